The Bertz CT molecular complexity index is 598. The van der Waals surface area contributed by atoms with Crippen LogP contribution in [0.1, 0.15) is 22.3 Å². The second-order valence-corrected chi connectivity index (χ2v) is 4.42. The van der Waals surface area contributed by atoms with Crippen molar-refractivity contribution in [2.24, 2.45) is 0 Å². The molecule has 0 saturated carbocycles. The summed E-state index contributed by atoms with van der Waals surface area (Å²) in [6, 6.07) is 10.8. The lowest BCUT2D eigenvalue weighted by Gasteiger charge is -2.02. The van der Waals surface area contributed by atoms with Gasteiger partial charge in [-0.3, -0.25) is 0 Å². The molecule has 2 aromatic carbocycles. The monoisotopic (exact) mass is 240 g/mol. The highest BCUT2D eigenvalue weighted by Gasteiger charge is 1.97. The van der Waals surface area contributed by atoms with Crippen LogP contribution in [0.4, 0.5) is 0 Å². The topological polar surface area (TPSA) is 40.5 Å². The zero-order valence-electron chi connectivity index (χ0n) is 10.5. The van der Waals surface area contributed by atoms with Gasteiger partial charge < -0.3 is 10.2 Å². The molecule has 0 heterocycles. The zero-order valence-corrected chi connectivity index (χ0v) is 10.5. The molecule has 0 aromatic heterocycles. The standard InChI is InChI=1S/C16H16O2/c1-11-10-15(17)7-6-14(11)5-3-13-4-8-16(18)12(2)9-13/h3-10,17-18H,1-2H3/b5-3+. The molecule has 92 valence electrons. The van der Waals surface area contributed by atoms with Crippen LogP contribution in [0.2, 0.25) is 0 Å². The Kier molecular flexibility index (Phi) is 3.38. The lowest BCUT2D eigenvalue weighted by Crippen LogP contribution is -1.80. The first-order valence-corrected chi connectivity index (χ1v) is 5.83. The van der Waals surface area contributed by atoms with Crippen molar-refractivity contribution in [1.29, 1.82) is 0 Å². The average Bonchev–Trinajstić information content (AvgIpc) is 2.32. The van der Waals surface area contributed by atoms with E-state index in [9.17, 15) is 10.2 Å². The highest BCUT2D eigenvalue weighted by Crippen LogP contribution is 2.20. The van der Waals surface area contributed by atoms with Crippen molar-refractivity contribution in [3.63, 3.8) is 0 Å². The smallest absolute Gasteiger partial charge is 0.118 e. The largest absolute Gasteiger partial charge is 0.508 e. The number of aromatic hydroxyl groups is 2. The number of hydrogen-bond donors (Lipinski definition) is 2. The van der Waals surface area contributed by atoms with Crippen LogP contribution >= 0.6 is 0 Å². The number of aryl methyl sites for hydroxylation is 2. The normalized spacial score (nSPS) is 11.0. The van der Waals surface area contributed by atoms with Crippen LogP contribution in [-0.4, -0.2) is 10.2 Å². The number of rotatable bonds is 2. The van der Waals surface area contributed by atoms with Gasteiger partial charge in [0.15, 0.2) is 0 Å². The SMILES string of the molecule is Cc1cc(/C=C/c2ccc(O)cc2C)ccc1O. The summed E-state index contributed by atoms with van der Waals surface area (Å²) < 4.78 is 0. The Morgan fingerprint density at radius 3 is 2.28 bits per heavy atom. The van der Waals surface area contributed by atoms with Crippen LogP contribution in [0.25, 0.3) is 12.2 Å². The lowest BCUT2D eigenvalue weighted by molar-refractivity contribution is 0.471. The van der Waals surface area contributed by atoms with Crippen LogP contribution in [0.5, 0.6) is 11.5 Å². The van der Waals surface area contributed by atoms with Gasteiger partial charge in [0.1, 0.15) is 11.5 Å². The summed E-state index contributed by atoms with van der Waals surface area (Å²) in [6.45, 7) is 3.83. The third-order valence-corrected chi connectivity index (χ3v) is 2.93. The Hall–Kier alpha value is -2.22. The molecule has 2 heteroatoms. The fourth-order valence-electron chi connectivity index (χ4n) is 1.82. The van der Waals surface area contributed by atoms with E-state index in [1.165, 1.54) is 0 Å². The second-order valence-electron chi connectivity index (χ2n) is 4.42. The first-order valence-electron chi connectivity index (χ1n) is 5.83. The molecule has 2 rings (SSSR count). The molecule has 0 fully saturated rings. The Morgan fingerprint density at radius 1 is 0.833 bits per heavy atom. The molecule has 0 aliphatic carbocycles. The first kappa shape index (κ1) is 12.2. The molecule has 0 spiro atoms. The van der Waals surface area contributed by atoms with Gasteiger partial charge in [0.2, 0.25) is 0 Å². The van der Waals surface area contributed by atoms with Gasteiger partial charge in [-0.05, 0) is 60.4 Å². The van der Waals surface area contributed by atoms with Crippen molar-refractivity contribution in [3.8, 4) is 11.5 Å². The quantitative estimate of drug-likeness (QED) is 0.782. The molecule has 0 bridgehead atoms. The highest BCUT2D eigenvalue weighted by atomic mass is 16.3. The van der Waals surface area contributed by atoms with Crippen molar-refractivity contribution in [2.45, 2.75) is 13.8 Å². The van der Waals surface area contributed by atoms with Gasteiger partial charge in [-0.2, -0.15) is 0 Å². The Balaban J connectivity index is 2.27. The maximum Gasteiger partial charge on any atom is 0.118 e. The molecular formula is C16H16O2. The van der Waals surface area contributed by atoms with Gasteiger partial charge in [0.05, 0.1) is 0 Å². The predicted molar refractivity (Wildman–Crippen MR) is 74.6 cm³/mol. The van der Waals surface area contributed by atoms with Gasteiger partial charge in [0, 0.05) is 0 Å². The average molecular weight is 240 g/mol. The summed E-state index contributed by atoms with van der Waals surface area (Å²) in [5.74, 6) is 0.595. The van der Waals surface area contributed by atoms with E-state index in [1.54, 1.807) is 18.2 Å². The van der Waals surface area contributed by atoms with Gasteiger partial charge >= 0.3 is 0 Å². The molecule has 2 aromatic rings. The van der Waals surface area contributed by atoms with Gasteiger partial charge in [-0.1, -0.05) is 24.3 Å². The minimum atomic E-state index is 0.283. The van der Waals surface area contributed by atoms with Gasteiger partial charge in [0.25, 0.3) is 0 Å². The van der Waals surface area contributed by atoms with Crippen molar-refractivity contribution >= 4 is 12.2 Å². The van der Waals surface area contributed by atoms with E-state index in [4.69, 9.17) is 0 Å². The molecule has 0 saturated heterocycles. The molecule has 0 aliphatic heterocycles. The van der Waals surface area contributed by atoms with Gasteiger partial charge in [-0.15, -0.1) is 0 Å². The van der Waals surface area contributed by atoms with E-state index in [0.29, 0.717) is 5.75 Å². The molecule has 0 aliphatic rings. The van der Waals surface area contributed by atoms with Crippen LogP contribution in [-0.2, 0) is 0 Å². The number of benzene rings is 2. The number of hydrogen-bond acceptors (Lipinski definition) is 2. The summed E-state index contributed by atoms with van der Waals surface area (Å²) in [5, 5.41) is 18.8. The van der Waals surface area contributed by atoms with E-state index >= 15 is 0 Å². The van der Waals surface area contributed by atoms with Crippen molar-refractivity contribution in [2.75, 3.05) is 0 Å². The van der Waals surface area contributed by atoms with Crippen LogP contribution < -0.4 is 0 Å². The fourth-order valence-corrected chi connectivity index (χ4v) is 1.82. The third-order valence-electron chi connectivity index (χ3n) is 2.93. The van der Waals surface area contributed by atoms with E-state index in [2.05, 4.69) is 0 Å². The molecule has 0 unspecified atom stereocenters. The molecule has 2 nitrogen and oxygen atoms in total. The van der Waals surface area contributed by atoms with E-state index in [0.717, 1.165) is 22.3 Å². The Morgan fingerprint density at radius 2 is 1.61 bits per heavy atom. The van der Waals surface area contributed by atoms with Gasteiger partial charge in [-0.25, -0.2) is 0 Å². The fraction of sp³-hybridized carbons (Fsp3) is 0.125. The van der Waals surface area contributed by atoms with Crippen molar-refractivity contribution < 1.29 is 10.2 Å². The first-order chi connectivity index (χ1) is 8.56. The molecular weight excluding hydrogens is 224 g/mol. The van der Waals surface area contributed by atoms with E-state index in [-0.39, 0.29) is 5.75 Å². The summed E-state index contributed by atoms with van der Waals surface area (Å²) in [7, 11) is 0. The summed E-state index contributed by atoms with van der Waals surface area (Å²) in [5.41, 5.74) is 4.00. The van der Waals surface area contributed by atoms with Crippen molar-refractivity contribution in [1.82, 2.24) is 0 Å². The molecule has 2 N–H and O–H groups in total. The summed E-state index contributed by atoms with van der Waals surface area (Å²) in [6.07, 6.45) is 3.99. The lowest BCUT2D eigenvalue weighted by atomic mass is 10.1. The van der Waals surface area contributed by atoms with E-state index < -0.39 is 0 Å². The minimum Gasteiger partial charge on any atom is -0.508 e. The third kappa shape index (κ3) is 2.72. The zero-order chi connectivity index (χ0) is 13.1. The number of phenols is 2. The maximum atomic E-state index is 9.45. The number of phenolic OH excluding ortho intramolecular Hbond substituents is 2. The molecule has 0 radical (unpaired) electrons. The van der Waals surface area contributed by atoms with Crippen LogP contribution in [0.3, 0.4) is 0 Å². The summed E-state index contributed by atoms with van der Waals surface area (Å²) >= 11 is 0. The van der Waals surface area contributed by atoms with E-state index in [1.807, 2.05) is 44.2 Å². The van der Waals surface area contributed by atoms with Crippen molar-refractivity contribution in [3.05, 3.63) is 58.7 Å². The maximum absolute atomic E-state index is 9.45. The summed E-state index contributed by atoms with van der Waals surface area (Å²) in [4.78, 5) is 0. The highest BCUT2D eigenvalue weighted by molar-refractivity contribution is 5.72. The Labute approximate surface area is 107 Å². The predicted octanol–water partition coefficient (Wildman–Crippen LogP) is 3.89. The molecule has 18 heavy (non-hydrogen) atoms. The molecule has 0 atom stereocenters. The second kappa shape index (κ2) is 4.96. The van der Waals surface area contributed by atoms with Crippen LogP contribution in [0, 0.1) is 13.8 Å². The minimum absolute atomic E-state index is 0.283. The molecule has 0 amide bonds. The van der Waals surface area contributed by atoms with Crippen LogP contribution in [0.15, 0.2) is 36.4 Å².